The Labute approximate surface area is 110 Å². The van der Waals surface area contributed by atoms with Crippen LogP contribution in [0.15, 0.2) is 29.2 Å². The molecule has 0 radical (unpaired) electrons. The average Bonchev–Trinajstić information content (AvgIpc) is 2.33. The minimum absolute atomic E-state index is 0.00354. The van der Waals surface area contributed by atoms with Crippen LogP contribution in [0.5, 0.6) is 0 Å². The highest BCUT2D eigenvalue weighted by molar-refractivity contribution is 6.03. The van der Waals surface area contributed by atoms with Crippen molar-refractivity contribution in [1.82, 2.24) is 9.97 Å². The maximum absolute atomic E-state index is 12.0. The molecule has 19 heavy (non-hydrogen) atoms. The average molecular weight is 257 g/mol. The van der Waals surface area contributed by atoms with Crippen molar-refractivity contribution in [3.63, 3.8) is 0 Å². The van der Waals surface area contributed by atoms with E-state index in [1.807, 2.05) is 26.0 Å². The zero-order valence-corrected chi connectivity index (χ0v) is 11.1. The van der Waals surface area contributed by atoms with Crippen LogP contribution >= 0.6 is 0 Å². The molecule has 5 heteroatoms. The van der Waals surface area contributed by atoms with Gasteiger partial charge in [0.1, 0.15) is 11.4 Å². The summed E-state index contributed by atoms with van der Waals surface area (Å²) in [7, 11) is 0. The smallest absolute Gasteiger partial charge is 0.263 e. The van der Waals surface area contributed by atoms with Crippen molar-refractivity contribution in [1.29, 1.82) is 0 Å². The molecule has 0 atom stereocenters. The Kier molecular flexibility index (Phi) is 3.46. The van der Waals surface area contributed by atoms with Crippen LogP contribution in [0.25, 0.3) is 0 Å². The maximum Gasteiger partial charge on any atom is 0.263 e. The predicted octanol–water partition coefficient (Wildman–Crippen LogP) is 1.95. The van der Waals surface area contributed by atoms with E-state index in [4.69, 9.17) is 0 Å². The van der Waals surface area contributed by atoms with Gasteiger partial charge in [0.05, 0.1) is 0 Å². The first-order chi connectivity index (χ1) is 8.97. The molecule has 0 aliphatic heterocycles. The lowest BCUT2D eigenvalue weighted by atomic mass is 10.1. The molecule has 0 saturated heterocycles. The van der Waals surface area contributed by atoms with Crippen LogP contribution in [-0.2, 0) is 0 Å². The van der Waals surface area contributed by atoms with E-state index in [0.29, 0.717) is 11.5 Å². The van der Waals surface area contributed by atoms with Crippen LogP contribution in [0, 0.1) is 20.8 Å². The van der Waals surface area contributed by atoms with E-state index in [1.165, 1.54) is 6.20 Å². The molecule has 0 unspecified atom stereocenters. The fourth-order valence-electron chi connectivity index (χ4n) is 1.66. The van der Waals surface area contributed by atoms with Gasteiger partial charge >= 0.3 is 0 Å². The normalized spacial score (nSPS) is 10.3. The van der Waals surface area contributed by atoms with Gasteiger partial charge in [0.2, 0.25) is 0 Å². The number of anilines is 1. The number of hydrogen-bond donors (Lipinski definition) is 2. The topological polar surface area (TPSA) is 74.8 Å². The van der Waals surface area contributed by atoms with E-state index in [0.717, 1.165) is 11.1 Å². The van der Waals surface area contributed by atoms with Crippen molar-refractivity contribution in [2.45, 2.75) is 20.8 Å². The molecule has 0 spiro atoms. The summed E-state index contributed by atoms with van der Waals surface area (Å²) in [4.78, 5) is 30.0. The predicted molar refractivity (Wildman–Crippen MR) is 73.5 cm³/mol. The van der Waals surface area contributed by atoms with Crippen LogP contribution in [0.4, 0.5) is 5.69 Å². The van der Waals surface area contributed by atoms with E-state index >= 15 is 0 Å². The first-order valence-electron chi connectivity index (χ1n) is 5.92. The monoisotopic (exact) mass is 257 g/mol. The number of benzene rings is 1. The zero-order chi connectivity index (χ0) is 14.0. The summed E-state index contributed by atoms with van der Waals surface area (Å²) in [5.41, 5.74) is 2.45. The van der Waals surface area contributed by atoms with Crippen molar-refractivity contribution in [3.05, 3.63) is 57.3 Å². The van der Waals surface area contributed by atoms with Gasteiger partial charge in [-0.2, -0.15) is 0 Å². The fourth-order valence-corrected chi connectivity index (χ4v) is 1.66. The first-order valence-corrected chi connectivity index (χ1v) is 5.92. The van der Waals surface area contributed by atoms with Gasteiger partial charge in [0, 0.05) is 11.9 Å². The third kappa shape index (κ3) is 2.88. The highest BCUT2D eigenvalue weighted by atomic mass is 16.2. The van der Waals surface area contributed by atoms with E-state index in [-0.39, 0.29) is 5.56 Å². The second kappa shape index (κ2) is 5.06. The Morgan fingerprint density at radius 1 is 1.21 bits per heavy atom. The Bertz CT molecular complexity index is 689. The summed E-state index contributed by atoms with van der Waals surface area (Å²) >= 11 is 0. The van der Waals surface area contributed by atoms with Gasteiger partial charge < -0.3 is 10.3 Å². The summed E-state index contributed by atoms with van der Waals surface area (Å²) < 4.78 is 0. The third-order valence-corrected chi connectivity index (χ3v) is 2.94. The number of nitrogens with zero attached hydrogens (tertiary/aromatic N) is 1. The van der Waals surface area contributed by atoms with Crippen LogP contribution in [0.1, 0.15) is 27.3 Å². The fraction of sp³-hybridized carbons (Fsp3) is 0.214. The molecule has 1 aromatic heterocycles. The SMILES string of the molecule is Cc1ncc(C(=O)Nc2ccc(C)c(C)c2)c(=O)[nH]1. The Hall–Kier alpha value is -2.43. The second-order valence-electron chi connectivity index (χ2n) is 4.46. The second-order valence-corrected chi connectivity index (χ2v) is 4.46. The molecule has 1 aromatic carbocycles. The highest BCUT2D eigenvalue weighted by Gasteiger charge is 2.11. The molecule has 0 fully saturated rings. The number of carbonyl (C=O) groups excluding carboxylic acids is 1. The maximum atomic E-state index is 12.0. The number of aryl methyl sites for hydroxylation is 3. The summed E-state index contributed by atoms with van der Waals surface area (Å²) in [5, 5.41) is 2.69. The molecule has 0 aliphatic rings. The number of carbonyl (C=O) groups is 1. The minimum atomic E-state index is -0.461. The first kappa shape index (κ1) is 13.0. The summed E-state index contributed by atoms with van der Waals surface area (Å²) in [6.07, 6.45) is 1.28. The lowest BCUT2D eigenvalue weighted by molar-refractivity contribution is 0.102. The molecule has 2 N–H and O–H groups in total. The van der Waals surface area contributed by atoms with Gasteiger partial charge in [-0.1, -0.05) is 6.07 Å². The Balaban J connectivity index is 2.25. The van der Waals surface area contributed by atoms with Crippen molar-refractivity contribution in [2.75, 3.05) is 5.32 Å². The van der Waals surface area contributed by atoms with Crippen LogP contribution < -0.4 is 10.9 Å². The molecule has 0 aliphatic carbocycles. The number of nitrogens with one attached hydrogen (secondary N) is 2. The van der Waals surface area contributed by atoms with E-state index < -0.39 is 11.5 Å². The number of hydrogen-bond acceptors (Lipinski definition) is 3. The molecule has 0 saturated carbocycles. The third-order valence-electron chi connectivity index (χ3n) is 2.94. The summed E-state index contributed by atoms with van der Waals surface area (Å²) in [5.74, 6) is 0.0183. The van der Waals surface area contributed by atoms with Crippen molar-refractivity contribution in [2.24, 2.45) is 0 Å². The molecule has 0 bridgehead atoms. The molecule has 5 nitrogen and oxygen atoms in total. The quantitative estimate of drug-likeness (QED) is 0.863. The lowest BCUT2D eigenvalue weighted by Crippen LogP contribution is -2.24. The highest BCUT2D eigenvalue weighted by Crippen LogP contribution is 2.14. The van der Waals surface area contributed by atoms with Gasteiger partial charge in [-0.3, -0.25) is 9.59 Å². The minimum Gasteiger partial charge on any atom is -0.322 e. The van der Waals surface area contributed by atoms with Crippen molar-refractivity contribution < 1.29 is 4.79 Å². The van der Waals surface area contributed by atoms with Gasteiger partial charge in [0.15, 0.2) is 0 Å². The number of aromatic amines is 1. The Morgan fingerprint density at radius 2 is 1.95 bits per heavy atom. The number of H-pyrrole nitrogens is 1. The van der Waals surface area contributed by atoms with E-state index in [1.54, 1.807) is 13.0 Å². The zero-order valence-electron chi connectivity index (χ0n) is 11.1. The Morgan fingerprint density at radius 3 is 2.58 bits per heavy atom. The van der Waals surface area contributed by atoms with Crippen LogP contribution in [0.3, 0.4) is 0 Å². The van der Waals surface area contributed by atoms with E-state index in [2.05, 4.69) is 15.3 Å². The van der Waals surface area contributed by atoms with Crippen molar-refractivity contribution >= 4 is 11.6 Å². The largest absolute Gasteiger partial charge is 0.322 e. The number of amides is 1. The van der Waals surface area contributed by atoms with Crippen molar-refractivity contribution in [3.8, 4) is 0 Å². The lowest BCUT2D eigenvalue weighted by Gasteiger charge is -2.07. The van der Waals surface area contributed by atoms with Gasteiger partial charge in [-0.25, -0.2) is 4.98 Å². The van der Waals surface area contributed by atoms with Crippen LogP contribution in [0.2, 0.25) is 0 Å². The molecular formula is C14H15N3O2. The molecule has 2 rings (SSSR count). The number of aromatic nitrogens is 2. The standard InChI is InChI=1S/C14H15N3O2/c1-8-4-5-11(6-9(8)2)17-14(19)12-7-15-10(3)16-13(12)18/h4-7H,1-3H3,(H,17,19)(H,15,16,18). The number of rotatable bonds is 2. The van der Waals surface area contributed by atoms with Crippen LogP contribution in [-0.4, -0.2) is 15.9 Å². The summed E-state index contributed by atoms with van der Waals surface area (Å²) in [6.45, 7) is 5.62. The molecule has 1 amide bonds. The van der Waals surface area contributed by atoms with Gasteiger partial charge in [-0.05, 0) is 44.0 Å². The molecule has 1 heterocycles. The van der Waals surface area contributed by atoms with Gasteiger partial charge in [0.25, 0.3) is 11.5 Å². The molecule has 2 aromatic rings. The van der Waals surface area contributed by atoms with Gasteiger partial charge in [-0.15, -0.1) is 0 Å². The molecule has 98 valence electrons. The summed E-state index contributed by atoms with van der Waals surface area (Å²) in [6, 6.07) is 5.58. The molecular weight excluding hydrogens is 242 g/mol. The van der Waals surface area contributed by atoms with E-state index in [9.17, 15) is 9.59 Å².